The fourth-order valence-corrected chi connectivity index (χ4v) is 4.30. The van der Waals surface area contributed by atoms with Crippen LogP contribution in [0.1, 0.15) is 12.5 Å². The summed E-state index contributed by atoms with van der Waals surface area (Å²) in [4.78, 5) is 23.4. The van der Waals surface area contributed by atoms with Gasteiger partial charge in [0.25, 0.3) is 5.69 Å². The number of non-ortho nitro benzene ring substituents is 1. The highest BCUT2D eigenvalue weighted by molar-refractivity contribution is 7.89. The van der Waals surface area contributed by atoms with Crippen LogP contribution in [0.25, 0.3) is 0 Å². The molecule has 0 radical (unpaired) electrons. The standard InChI is InChI=1S/C23H23N3O6S/c1-2-32-20-11-13-21(14-12-20)33(30,31)25-22(15-17-7-4-3-5-8-17)23(27)24-18-9-6-10-19(16-18)26(28)29/h3-14,16,22,25H,2,15H2,1H3,(H,24,27). The van der Waals surface area contributed by atoms with Crippen molar-refractivity contribution in [3.63, 3.8) is 0 Å². The van der Waals surface area contributed by atoms with Crippen LogP contribution in [0.5, 0.6) is 5.75 Å². The van der Waals surface area contributed by atoms with Crippen LogP contribution in [0.3, 0.4) is 0 Å². The molecule has 0 aliphatic carbocycles. The quantitative estimate of drug-likeness (QED) is 0.345. The molecule has 172 valence electrons. The van der Waals surface area contributed by atoms with Crippen LogP contribution < -0.4 is 14.8 Å². The Hall–Kier alpha value is -3.76. The van der Waals surface area contributed by atoms with E-state index in [2.05, 4.69) is 10.0 Å². The van der Waals surface area contributed by atoms with Crippen molar-refractivity contribution in [1.29, 1.82) is 0 Å². The lowest BCUT2D eigenvalue weighted by Gasteiger charge is -2.19. The Bertz CT molecular complexity index is 1210. The van der Waals surface area contributed by atoms with Crippen LogP contribution in [-0.4, -0.2) is 31.9 Å². The van der Waals surface area contributed by atoms with Gasteiger partial charge in [0.1, 0.15) is 11.8 Å². The predicted octanol–water partition coefficient (Wildman–Crippen LogP) is 3.52. The average Bonchev–Trinajstić information content (AvgIpc) is 2.80. The molecule has 2 N–H and O–H groups in total. The van der Waals surface area contributed by atoms with Crippen molar-refractivity contribution < 1.29 is 22.9 Å². The molecule has 0 aromatic heterocycles. The van der Waals surface area contributed by atoms with Crippen LogP contribution >= 0.6 is 0 Å². The highest BCUT2D eigenvalue weighted by Crippen LogP contribution is 2.19. The summed E-state index contributed by atoms with van der Waals surface area (Å²) < 4.78 is 33.8. The van der Waals surface area contributed by atoms with Crippen LogP contribution in [0.2, 0.25) is 0 Å². The van der Waals surface area contributed by atoms with Crippen molar-refractivity contribution in [3.8, 4) is 5.75 Å². The summed E-state index contributed by atoms with van der Waals surface area (Å²) in [5.41, 5.74) is 0.737. The molecule has 0 saturated heterocycles. The van der Waals surface area contributed by atoms with Crippen LogP contribution in [-0.2, 0) is 21.2 Å². The number of nitrogens with one attached hydrogen (secondary N) is 2. The summed E-state index contributed by atoms with van der Waals surface area (Å²) in [6.07, 6.45) is 0.0812. The maximum absolute atomic E-state index is 13.0. The summed E-state index contributed by atoms with van der Waals surface area (Å²) in [6, 6.07) is 19.1. The van der Waals surface area contributed by atoms with Crippen molar-refractivity contribution in [2.75, 3.05) is 11.9 Å². The molecular formula is C23H23N3O6S. The van der Waals surface area contributed by atoms with Crippen LogP contribution in [0.4, 0.5) is 11.4 Å². The smallest absolute Gasteiger partial charge is 0.271 e. The molecule has 1 amide bonds. The Morgan fingerprint density at radius 2 is 1.73 bits per heavy atom. The van der Waals surface area contributed by atoms with Gasteiger partial charge in [-0.15, -0.1) is 0 Å². The third-order valence-electron chi connectivity index (χ3n) is 4.67. The normalized spacial score (nSPS) is 12.0. The van der Waals surface area contributed by atoms with Gasteiger partial charge in [-0.05, 0) is 49.2 Å². The van der Waals surface area contributed by atoms with Gasteiger partial charge in [0, 0.05) is 17.8 Å². The van der Waals surface area contributed by atoms with Crippen molar-refractivity contribution in [1.82, 2.24) is 4.72 Å². The molecule has 0 fully saturated rings. The maximum Gasteiger partial charge on any atom is 0.271 e. The molecule has 33 heavy (non-hydrogen) atoms. The van der Waals surface area contributed by atoms with Gasteiger partial charge in [-0.1, -0.05) is 36.4 Å². The van der Waals surface area contributed by atoms with Gasteiger partial charge in [0.2, 0.25) is 15.9 Å². The number of carbonyl (C=O) groups excluding carboxylic acids is 1. The Morgan fingerprint density at radius 3 is 2.36 bits per heavy atom. The van der Waals surface area contributed by atoms with E-state index >= 15 is 0 Å². The van der Waals surface area contributed by atoms with Crippen molar-refractivity contribution >= 4 is 27.3 Å². The van der Waals surface area contributed by atoms with E-state index in [1.54, 1.807) is 24.3 Å². The fraction of sp³-hybridized carbons (Fsp3) is 0.174. The fourth-order valence-electron chi connectivity index (χ4n) is 3.10. The van der Waals surface area contributed by atoms with Gasteiger partial charge in [0.15, 0.2) is 0 Å². The highest BCUT2D eigenvalue weighted by Gasteiger charge is 2.26. The van der Waals surface area contributed by atoms with Gasteiger partial charge in [-0.25, -0.2) is 8.42 Å². The van der Waals surface area contributed by atoms with Gasteiger partial charge in [-0.2, -0.15) is 4.72 Å². The van der Waals surface area contributed by atoms with Gasteiger partial charge in [-0.3, -0.25) is 14.9 Å². The number of hydrogen-bond donors (Lipinski definition) is 2. The summed E-state index contributed by atoms with van der Waals surface area (Å²) >= 11 is 0. The lowest BCUT2D eigenvalue weighted by Crippen LogP contribution is -2.45. The number of amides is 1. The Kier molecular flexibility index (Phi) is 7.75. The second-order valence-electron chi connectivity index (χ2n) is 7.06. The molecule has 1 unspecified atom stereocenters. The molecular weight excluding hydrogens is 446 g/mol. The average molecular weight is 470 g/mol. The van der Waals surface area contributed by atoms with Gasteiger partial charge in [0.05, 0.1) is 16.4 Å². The monoisotopic (exact) mass is 469 g/mol. The SMILES string of the molecule is CCOc1ccc(S(=O)(=O)NC(Cc2ccccc2)C(=O)Nc2cccc([N+](=O)[O-])c2)cc1. The van der Waals surface area contributed by atoms with E-state index in [1.165, 1.54) is 48.5 Å². The number of benzene rings is 3. The molecule has 0 spiro atoms. The predicted molar refractivity (Wildman–Crippen MR) is 124 cm³/mol. The maximum atomic E-state index is 13.0. The molecule has 0 heterocycles. The van der Waals surface area contributed by atoms with E-state index in [0.29, 0.717) is 12.4 Å². The summed E-state index contributed by atoms with van der Waals surface area (Å²) in [6.45, 7) is 2.27. The number of sulfonamides is 1. The number of nitrogens with zero attached hydrogens (tertiary/aromatic N) is 1. The molecule has 0 aliphatic rings. The summed E-state index contributed by atoms with van der Waals surface area (Å²) in [5.74, 6) is -0.116. The zero-order valence-corrected chi connectivity index (χ0v) is 18.6. The number of carbonyl (C=O) groups is 1. The van der Waals surface area contributed by atoms with Crippen LogP contribution in [0.15, 0.2) is 83.8 Å². The Labute approximate surface area is 191 Å². The van der Waals surface area contributed by atoms with Crippen molar-refractivity contribution in [2.45, 2.75) is 24.3 Å². The van der Waals surface area contributed by atoms with Gasteiger partial charge < -0.3 is 10.1 Å². The lowest BCUT2D eigenvalue weighted by molar-refractivity contribution is -0.384. The van der Waals surface area contributed by atoms with E-state index in [9.17, 15) is 23.3 Å². The third-order valence-corrected chi connectivity index (χ3v) is 6.15. The largest absolute Gasteiger partial charge is 0.494 e. The number of rotatable bonds is 10. The lowest BCUT2D eigenvalue weighted by atomic mass is 10.1. The summed E-state index contributed by atoms with van der Waals surface area (Å²) in [5, 5.41) is 13.6. The second kappa shape index (κ2) is 10.7. The zero-order valence-electron chi connectivity index (χ0n) is 17.8. The van der Waals surface area contributed by atoms with Gasteiger partial charge >= 0.3 is 0 Å². The number of anilines is 1. The number of ether oxygens (including phenoxy) is 1. The molecule has 0 bridgehead atoms. The molecule has 10 heteroatoms. The molecule has 0 saturated carbocycles. The first-order chi connectivity index (χ1) is 15.8. The minimum absolute atomic E-state index is 0.0211. The third kappa shape index (κ3) is 6.61. The molecule has 3 aromatic carbocycles. The van der Waals surface area contributed by atoms with E-state index in [4.69, 9.17) is 4.74 Å². The topological polar surface area (TPSA) is 128 Å². The van der Waals surface area contributed by atoms with Crippen molar-refractivity contribution in [2.24, 2.45) is 0 Å². The number of hydrogen-bond acceptors (Lipinski definition) is 6. The van der Waals surface area contributed by atoms with E-state index in [1.807, 2.05) is 13.0 Å². The second-order valence-corrected chi connectivity index (χ2v) is 8.78. The molecule has 9 nitrogen and oxygen atoms in total. The highest BCUT2D eigenvalue weighted by atomic mass is 32.2. The zero-order chi connectivity index (χ0) is 23.8. The Morgan fingerprint density at radius 1 is 1.03 bits per heavy atom. The minimum Gasteiger partial charge on any atom is -0.494 e. The molecule has 1 atom stereocenters. The molecule has 0 aliphatic heterocycles. The minimum atomic E-state index is -4.04. The van der Waals surface area contributed by atoms with Crippen LogP contribution in [0, 0.1) is 10.1 Å². The first-order valence-corrected chi connectivity index (χ1v) is 11.6. The summed E-state index contributed by atoms with van der Waals surface area (Å²) in [7, 11) is -4.04. The van der Waals surface area contributed by atoms with E-state index < -0.39 is 26.9 Å². The first-order valence-electron chi connectivity index (χ1n) is 10.1. The number of nitro benzene ring substituents is 1. The first kappa shape index (κ1) is 23.9. The number of nitro groups is 1. The van der Waals surface area contributed by atoms with E-state index in [-0.39, 0.29) is 22.7 Å². The Balaban J connectivity index is 1.85. The molecule has 3 aromatic rings. The van der Waals surface area contributed by atoms with E-state index in [0.717, 1.165) is 5.56 Å². The van der Waals surface area contributed by atoms with Crippen molar-refractivity contribution in [3.05, 3.63) is 94.5 Å². The molecule has 3 rings (SSSR count).